The summed E-state index contributed by atoms with van der Waals surface area (Å²) in [7, 11) is 0. The second-order valence-electron chi connectivity index (χ2n) is 6.52. The van der Waals surface area contributed by atoms with Gasteiger partial charge in [0, 0.05) is 5.56 Å². The average Bonchev–Trinajstić information content (AvgIpc) is 2.65. The zero-order chi connectivity index (χ0) is 19.2. The second kappa shape index (κ2) is 13.2. The van der Waals surface area contributed by atoms with Gasteiger partial charge < -0.3 is 9.84 Å². The summed E-state index contributed by atoms with van der Waals surface area (Å²) in [6.07, 6.45) is 11.1. The molecule has 26 heavy (non-hydrogen) atoms. The Bertz CT molecular complexity index is 531. The number of unbranched alkanes of at least 4 members (excludes halogenated alkanes) is 9. The van der Waals surface area contributed by atoms with Crippen molar-refractivity contribution in [2.75, 3.05) is 6.61 Å². The van der Waals surface area contributed by atoms with Crippen LogP contribution in [0.3, 0.4) is 0 Å². The zero-order valence-corrected chi connectivity index (χ0v) is 15.8. The van der Waals surface area contributed by atoms with Gasteiger partial charge in [-0.1, -0.05) is 64.7 Å². The van der Waals surface area contributed by atoms with Crippen LogP contribution in [-0.4, -0.2) is 28.7 Å². The number of phenolic OH excluding ortho intramolecular Hbond substituents is 1. The number of phenols is 1. The van der Waals surface area contributed by atoms with Crippen LogP contribution in [0.15, 0.2) is 24.3 Å². The molecule has 1 aromatic rings. The summed E-state index contributed by atoms with van der Waals surface area (Å²) in [6.45, 7) is 2.48. The largest absolute Gasteiger partial charge is 0.508 e. The van der Waals surface area contributed by atoms with E-state index < -0.39 is 12.0 Å². The highest BCUT2D eigenvalue weighted by Crippen LogP contribution is 2.12. The number of hydrogen-bond donors (Lipinski definition) is 2. The van der Waals surface area contributed by atoms with Gasteiger partial charge in [-0.3, -0.25) is 4.79 Å². The van der Waals surface area contributed by atoms with Gasteiger partial charge in [0.25, 0.3) is 5.91 Å². The number of hydrazine groups is 1. The number of nitrogens with two attached hydrogens (primary N) is 1. The van der Waals surface area contributed by atoms with Gasteiger partial charge >= 0.3 is 6.09 Å². The third-order valence-corrected chi connectivity index (χ3v) is 4.25. The topological polar surface area (TPSA) is 92.9 Å². The Labute approximate surface area is 156 Å². The van der Waals surface area contributed by atoms with E-state index in [9.17, 15) is 14.7 Å². The van der Waals surface area contributed by atoms with E-state index in [4.69, 9.17) is 10.6 Å². The molecule has 0 radical (unpaired) electrons. The summed E-state index contributed by atoms with van der Waals surface area (Å²) in [5.41, 5.74) is 0.209. The van der Waals surface area contributed by atoms with E-state index in [2.05, 4.69) is 6.92 Å². The molecule has 1 rings (SSSR count). The smallest absolute Gasteiger partial charge is 0.431 e. The fourth-order valence-corrected chi connectivity index (χ4v) is 2.64. The van der Waals surface area contributed by atoms with Crippen LogP contribution in [-0.2, 0) is 4.74 Å². The summed E-state index contributed by atoms with van der Waals surface area (Å²) in [4.78, 5) is 23.8. The van der Waals surface area contributed by atoms with E-state index in [1.165, 1.54) is 69.2 Å². The molecule has 0 atom stereocenters. The number of amides is 2. The van der Waals surface area contributed by atoms with Gasteiger partial charge in [-0.25, -0.2) is 10.6 Å². The summed E-state index contributed by atoms with van der Waals surface area (Å²) in [5, 5.41) is 9.67. The van der Waals surface area contributed by atoms with Gasteiger partial charge in [-0.2, -0.15) is 5.01 Å². The molecule has 6 heteroatoms. The molecule has 0 spiro atoms. The van der Waals surface area contributed by atoms with Crippen molar-refractivity contribution >= 4 is 12.0 Å². The highest BCUT2D eigenvalue weighted by atomic mass is 16.6. The number of nitrogens with zero attached hydrogens (tertiary/aromatic N) is 1. The monoisotopic (exact) mass is 364 g/mol. The zero-order valence-electron chi connectivity index (χ0n) is 15.8. The molecule has 2 amide bonds. The van der Waals surface area contributed by atoms with Gasteiger partial charge in [-0.15, -0.1) is 0 Å². The van der Waals surface area contributed by atoms with Crippen LogP contribution in [0, 0.1) is 0 Å². The fraction of sp³-hybridized carbons (Fsp3) is 0.600. The molecular formula is C20H32N2O4. The van der Waals surface area contributed by atoms with Crippen LogP contribution in [0.25, 0.3) is 0 Å². The molecule has 146 valence electrons. The molecule has 0 aliphatic heterocycles. The number of ether oxygens (including phenoxy) is 1. The SMILES string of the molecule is CCCCCCCCCCCCOC(=O)N(N)C(=O)c1ccc(O)cc1. The van der Waals surface area contributed by atoms with Crippen molar-refractivity contribution in [3.05, 3.63) is 29.8 Å². The highest BCUT2D eigenvalue weighted by molar-refractivity contribution is 6.02. The lowest BCUT2D eigenvalue weighted by atomic mass is 10.1. The Morgan fingerprint density at radius 3 is 1.96 bits per heavy atom. The van der Waals surface area contributed by atoms with Crippen molar-refractivity contribution in [2.45, 2.75) is 71.1 Å². The van der Waals surface area contributed by atoms with Crippen molar-refractivity contribution in [2.24, 2.45) is 5.84 Å². The maximum atomic E-state index is 12.0. The second-order valence-corrected chi connectivity index (χ2v) is 6.52. The van der Waals surface area contributed by atoms with E-state index in [0.717, 1.165) is 19.3 Å². The third-order valence-electron chi connectivity index (χ3n) is 4.25. The van der Waals surface area contributed by atoms with Crippen molar-refractivity contribution in [3.63, 3.8) is 0 Å². The third kappa shape index (κ3) is 8.85. The van der Waals surface area contributed by atoms with Crippen LogP contribution in [0.4, 0.5) is 4.79 Å². The summed E-state index contributed by atoms with van der Waals surface area (Å²) in [5.74, 6) is 4.88. The Balaban J connectivity index is 2.09. The molecule has 0 aliphatic rings. The van der Waals surface area contributed by atoms with E-state index in [0.29, 0.717) is 5.01 Å². The lowest BCUT2D eigenvalue weighted by Gasteiger charge is -2.14. The predicted octanol–water partition coefficient (Wildman–Crippen LogP) is 4.77. The normalized spacial score (nSPS) is 10.5. The quantitative estimate of drug-likeness (QED) is 0.241. The lowest BCUT2D eigenvalue weighted by Crippen LogP contribution is -2.43. The highest BCUT2D eigenvalue weighted by Gasteiger charge is 2.20. The maximum Gasteiger partial charge on any atom is 0.431 e. The Kier molecular flexibility index (Phi) is 11.1. The summed E-state index contributed by atoms with van der Waals surface area (Å²) >= 11 is 0. The minimum Gasteiger partial charge on any atom is -0.508 e. The number of imide groups is 1. The predicted molar refractivity (Wildman–Crippen MR) is 102 cm³/mol. The first-order valence-electron chi connectivity index (χ1n) is 9.61. The van der Waals surface area contributed by atoms with Crippen LogP contribution in [0.5, 0.6) is 5.75 Å². The standard InChI is InChI=1S/C20H32N2O4/c1-2-3-4-5-6-7-8-9-10-11-16-26-20(25)22(21)19(24)17-12-14-18(23)15-13-17/h12-15,23H,2-11,16,21H2,1H3. The van der Waals surface area contributed by atoms with E-state index in [1.807, 2.05) is 0 Å². The molecular weight excluding hydrogens is 332 g/mol. The molecule has 0 aliphatic carbocycles. The lowest BCUT2D eigenvalue weighted by molar-refractivity contribution is 0.0656. The molecule has 3 N–H and O–H groups in total. The molecule has 0 unspecified atom stereocenters. The fourth-order valence-electron chi connectivity index (χ4n) is 2.64. The van der Waals surface area contributed by atoms with Crippen molar-refractivity contribution in [1.82, 2.24) is 5.01 Å². The van der Waals surface area contributed by atoms with Crippen molar-refractivity contribution in [3.8, 4) is 5.75 Å². The van der Waals surface area contributed by atoms with Gasteiger partial charge in [0.1, 0.15) is 5.75 Å². The summed E-state index contributed by atoms with van der Waals surface area (Å²) < 4.78 is 5.03. The first kappa shape index (κ1) is 22.0. The summed E-state index contributed by atoms with van der Waals surface area (Å²) in [6, 6.07) is 5.51. The Morgan fingerprint density at radius 2 is 1.42 bits per heavy atom. The number of carbonyl (C=O) groups is 2. The molecule has 1 aromatic carbocycles. The van der Waals surface area contributed by atoms with Crippen LogP contribution >= 0.6 is 0 Å². The number of rotatable bonds is 12. The molecule has 6 nitrogen and oxygen atoms in total. The maximum absolute atomic E-state index is 12.0. The molecule has 0 fully saturated rings. The van der Waals surface area contributed by atoms with E-state index >= 15 is 0 Å². The van der Waals surface area contributed by atoms with E-state index in [1.54, 1.807) is 0 Å². The molecule has 0 saturated carbocycles. The Hall–Kier alpha value is -2.08. The number of carbonyl (C=O) groups excluding carboxylic acids is 2. The Morgan fingerprint density at radius 1 is 0.923 bits per heavy atom. The van der Waals surface area contributed by atoms with Gasteiger partial charge in [0.2, 0.25) is 0 Å². The first-order valence-corrected chi connectivity index (χ1v) is 9.61. The molecule has 0 heterocycles. The number of aromatic hydroxyl groups is 1. The minimum absolute atomic E-state index is 0.0358. The molecule has 0 saturated heterocycles. The molecule has 0 aromatic heterocycles. The minimum atomic E-state index is -0.862. The van der Waals surface area contributed by atoms with E-state index in [-0.39, 0.29) is 17.9 Å². The van der Waals surface area contributed by atoms with Crippen LogP contribution < -0.4 is 5.84 Å². The average molecular weight is 364 g/mol. The number of benzene rings is 1. The van der Waals surface area contributed by atoms with Crippen molar-refractivity contribution in [1.29, 1.82) is 0 Å². The van der Waals surface area contributed by atoms with Crippen LogP contribution in [0.2, 0.25) is 0 Å². The van der Waals surface area contributed by atoms with Gasteiger partial charge in [0.05, 0.1) is 6.61 Å². The first-order chi connectivity index (χ1) is 12.6. The molecule has 0 bridgehead atoms. The van der Waals surface area contributed by atoms with Crippen molar-refractivity contribution < 1.29 is 19.4 Å². The van der Waals surface area contributed by atoms with Gasteiger partial charge in [0.15, 0.2) is 0 Å². The van der Waals surface area contributed by atoms with Crippen LogP contribution in [0.1, 0.15) is 81.5 Å². The van der Waals surface area contributed by atoms with Gasteiger partial charge in [-0.05, 0) is 30.7 Å². The number of hydrogen-bond acceptors (Lipinski definition) is 5.